The Balaban J connectivity index is 2.76. The number of amides is 1. The molecule has 0 saturated heterocycles. The SMILES string of the molecule is COCC(C)Oc1ccc(Cl)cc1NC(=O)CCC(=O)O. The number of nitrogens with one attached hydrogen (secondary N) is 1. The van der Waals surface area contributed by atoms with E-state index >= 15 is 0 Å². The van der Waals surface area contributed by atoms with Crippen molar-refractivity contribution in [3.63, 3.8) is 0 Å². The zero-order valence-corrected chi connectivity index (χ0v) is 12.6. The summed E-state index contributed by atoms with van der Waals surface area (Å²) in [6.45, 7) is 2.23. The van der Waals surface area contributed by atoms with Crippen LogP contribution in [0.5, 0.6) is 5.75 Å². The number of hydrogen-bond acceptors (Lipinski definition) is 4. The molecule has 0 saturated carbocycles. The van der Waals surface area contributed by atoms with Gasteiger partial charge >= 0.3 is 5.97 Å². The van der Waals surface area contributed by atoms with Crippen LogP contribution in [0.2, 0.25) is 5.02 Å². The molecule has 6 nitrogen and oxygen atoms in total. The highest BCUT2D eigenvalue weighted by atomic mass is 35.5. The maximum Gasteiger partial charge on any atom is 0.303 e. The van der Waals surface area contributed by atoms with Crippen molar-refractivity contribution >= 4 is 29.2 Å². The van der Waals surface area contributed by atoms with Gasteiger partial charge in [-0.1, -0.05) is 11.6 Å². The van der Waals surface area contributed by atoms with Gasteiger partial charge in [0.25, 0.3) is 0 Å². The highest BCUT2D eigenvalue weighted by molar-refractivity contribution is 6.31. The lowest BCUT2D eigenvalue weighted by atomic mass is 10.2. The van der Waals surface area contributed by atoms with Gasteiger partial charge in [-0.05, 0) is 25.1 Å². The largest absolute Gasteiger partial charge is 0.486 e. The third-order valence-electron chi connectivity index (χ3n) is 2.51. The smallest absolute Gasteiger partial charge is 0.303 e. The van der Waals surface area contributed by atoms with Gasteiger partial charge in [0.15, 0.2) is 0 Å². The third-order valence-corrected chi connectivity index (χ3v) is 2.75. The highest BCUT2D eigenvalue weighted by Crippen LogP contribution is 2.29. The Hall–Kier alpha value is -1.79. The van der Waals surface area contributed by atoms with Crippen LogP contribution in [0.1, 0.15) is 19.8 Å². The molecule has 7 heteroatoms. The second-order valence-corrected chi connectivity index (χ2v) is 4.90. The van der Waals surface area contributed by atoms with Crippen molar-refractivity contribution in [3.8, 4) is 5.75 Å². The molecule has 0 aliphatic carbocycles. The normalized spacial score (nSPS) is 11.8. The minimum atomic E-state index is -1.03. The Morgan fingerprint density at radius 1 is 1.38 bits per heavy atom. The average molecular weight is 316 g/mol. The van der Waals surface area contributed by atoms with E-state index in [0.717, 1.165) is 0 Å². The first-order valence-electron chi connectivity index (χ1n) is 6.39. The molecule has 116 valence electrons. The quantitative estimate of drug-likeness (QED) is 0.770. The molecule has 0 aliphatic rings. The van der Waals surface area contributed by atoms with Crippen LogP contribution in [0.3, 0.4) is 0 Å². The molecule has 1 rings (SSSR count). The Morgan fingerprint density at radius 3 is 2.71 bits per heavy atom. The summed E-state index contributed by atoms with van der Waals surface area (Å²) >= 11 is 5.90. The Morgan fingerprint density at radius 2 is 2.10 bits per heavy atom. The minimum Gasteiger partial charge on any atom is -0.486 e. The standard InChI is InChI=1S/C14H18ClNO5/c1-9(8-20-2)21-12-4-3-10(15)7-11(12)16-13(17)5-6-14(18)19/h3-4,7,9H,5-6,8H2,1-2H3,(H,16,17)(H,18,19). The van der Waals surface area contributed by atoms with E-state index in [4.69, 9.17) is 26.2 Å². The summed E-state index contributed by atoms with van der Waals surface area (Å²) in [5.74, 6) is -0.988. The Bertz CT molecular complexity index is 506. The number of halogens is 1. The van der Waals surface area contributed by atoms with Gasteiger partial charge in [-0.15, -0.1) is 0 Å². The number of ether oxygens (including phenoxy) is 2. The number of methoxy groups -OCH3 is 1. The van der Waals surface area contributed by atoms with Crippen LogP contribution in [0.4, 0.5) is 5.69 Å². The molecule has 1 unspecified atom stereocenters. The number of anilines is 1. The first kappa shape index (κ1) is 17.3. The number of carbonyl (C=O) groups excluding carboxylic acids is 1. The Labute approximate surface area is 128 Å². The maximum absolute atomic E-state index is 11.7. The number of carboxylic acids is 1. The number of aliphatic carboxylic acids is 1. The first-order valence-corrected chi connectivity index (χ1v) is 6.77. The van der Waals surface area contributed by atoms with Crippen LogP contribution in [-0.4, -0.2) is 36.8 Å². The average Bonchev–Trinajstić information content (AvgIpc) is 2.40. The Kier molecular flexibility index (Phi) is 6.98. The monoisotopic (exact) mass is 315 g/mol. The molecule has 0 aliphatic heterocycles. The van der Waals surface area contributed by atoms with E-state index in [1.165, 1.54) is 0 Å². The molecule has 0 spiro atoms. The zero-order chi connectivity index (χ0) is 15.8. The minimum absolute atomic E-state index is 0.116. The molecule has 0 bridgehead atoms. The van der Waals surface area contributed by atoms with Crippen molar-refractivity contribution in [1.82, 2.24) is 0 Å². The summed E-state index contributed by atoms with van der Waals surface area (Å²) in [4.78, 5) is 22.1. The van der Waals surface area contributed by atoms with Crippen molar-refractivity contribution in [1.29, 1.82) is 0 Å². The molecule has 0 fully saturated rings. The van der Waals surface area contributed by atoms with Crippen molar-refractivity contribution in [2.45, 2.75) is 25.9 Å². The van der Waals surface area contributed by atoms with E-state index in [2.05, 4.69) is 5.32 Å². The first-order chi connectivity index (χ1) is 9.92. The van der Waals surface area contributed by atoms with Gasteiger partial charge in [-0.2, -0.15) is 0 Å². The molecule has 2 N–H and O–H groups in total. The number of carbonyl (C=O) groups is 2. The summed E-state index contributed by atoms with van der Waals surface area (Å²) in [6.07, 6.45) is -0.553. The lowest BCUT2D eigenvalue weighted by Crippen LogP contribution is -2.20. The molecular weight excluding hydrogens is 298 g/mol. The summed E-state index contributed by atoms with van der Waals surface area (Å²) < 4.78 is 10.6. The van der Waals surface area contributed by atoms with Crippen molar-refractivity contribution in [3.05, 3.63) is 23.2 Å². The van der Waals surface area contributed by atoms with Crippen molar-refractivity contribution < 1.29 is 24.2 Å². The predicted molar refractivity (Wildman–Crippen MR) is 78.9 cm³/mol. The molecule has 1 atom stereocenters. The number of carboxylic acid groups (broad SMARTS) is 1. The highest BCUT2D eigenvalue weighted by Gasteiger charge is 2.12. The van der Waals surface area contributed by atoms with Gasteiger partial charge in [-0.3, -0.25) is 9.59 Å². The molecule has 1 aromatic rings. The number of rotatable bonds is 8. The van der Waals surface area contributed by atoms with Gasteiger partial charge in [0.2, 0.25) is 5.91 Å². The van der Waals surface area contributed by atoms with Crippen LogP contribution in [0.15, 0.2) is 18.2 Å². The topological polar surface area (TPSA) is 84.9 Å². The maximum atomic E-state index is 11.7. The van der Waals surface area contributed by atoms with E-state index in [-0.39, 0.29) is 18.9 Å². The molecule has 0 aromatic heterocycles. The van der Waals surface area contributed by atoms with E-state index in [9.17, 15) is 9.59 Å². The number of hydrogen-bond donors (Lipinski definition) is 2. The zero-order valence-electron chi connectivity index (χ0n) is 11.9. The van der Waals surface area contributed by atoms with Crippen LogP contribution < -0.4 is 10.1 Å². The molecule has 1 aromatic carbocycles. The summed E-state index contributed by atoms with van der Waals surface area (Å²) in [6, 6.07) is 4.83. The van der Waals surface area contributed by atoms with Gasteiger partial charge in [0.1, 0.15) is 11.9 Å². The third kappa shape index (κ3) is 6.46. The number of benzene rings is 1. The van der Waals surface area contributed by atoms with Crippen LogP contribution in [0, 0.1) is 0 Å². The molecule has 21 heavy (non-hydrogen) atoms. The van der Waals surface area contributed by atoms with Crippen LogP contribution in [0.25, 0.3) is 0 Å². The predicted octanol–water partition coefficient (Wildman–Crippen LogP) is 2.56. The molecular formula is C14H18ClNO5. The van der Waals surface area contributed by atoms with Crippen molar-refractivity contribution in [2.24, 2.45) is 0 Å². The lowest BCUT2D eigenvalue weighted by Gasteiger charge is -2.17. The molecule has 0 heterocycles. The van der Waals surface area contributed by atoms with E-state index < -0.39 is 11.9 Å². The van der Waals surface area contributed by atoms with Gasteiger partial charge in [0.05, 0.1) is 18.7 Å². The summed E-state index contributed by atoms with van der Waals surface area (Å²) in [7, 11) is 1.57. The van der Waals surface area contributed by atoms with Crippen LogP contribution in [-0.2, 0) is 14.3 Å². The fourth-order valence-electron chi connectivity index (χ4n) is 1.62. The molecule has 1 amide bonds. The van der Waals surface area contributed by atoms with Gasteiger partial charge < -0.3 is 19.9 Å². The van der Waals surface area contributed by atoms with Gasteiger partial charge in [0, 0.05) is 18.6 Å². The fraction of sp³-hybridized carbons (Fsp3) is 0.429. The summed E-state index contributed by atoms with van der Waals surface area (Å²) in [5, 5.41) is 11.6. The van der Waals surface area contributed by atoms with E-state index in [1.54, 1.807) is 25.3 Å². The second-order valence-electron chi connectivity index (χ2n) is 4.47. The van der Waals surface area contributed by atoms with Crippen LogP contribution >= 0.6 is 11.6 Å². The van der Waals surface area contributed by atoms with Gasteiger partial charge in [-0.25, -0.2) is 0 Å². The second kappa shape index (κ2) is 8.49. The van der Waals surface area contributed by atoms with E-state index in [1.807, 2.05) is 6.92 Å². The molecule has 0 radical (unpaired) electrons. The summed E-state index contributed by atoms with van der Waals surface area (Å²) in [5.41, 5.74) is 0.404. The van der Waals surface area contributed by atoms with Crippen molar-refractivity contribution in [2.75, 3.05) is 19.0 Å². The van der Waals surface area contributed by atoms with E-state index in [0.29, 0.717) is 23.1 Å². The lowest BCUT2D eigenvalue weighted by molar-refractivity contribution is -0.138. The fourth-order valence-corrected chi connectivity index (χ4v) is 1.79.